The van der Waals surface area contributed by atoms with Crippen LogP contribution in [0.15, 0.2) is 53.7 Å². The van der Waals surface area contributed by atoms with Crippen LogP contribution in [0.3, 0.4) is 0 Å². The van der Waals surface area contributed by atoms with E-state index in [1.807, 2.05) is 74.1 Å². The molecular weight excluding hydrogens is 410 g/mol. The van der Waals surface area contributed by atoms with E-state index in [1.165, 1.54) is 11.8 Å². The number of amides is 1. The van der Waals surface area contributed by atoms with E-state index in [0.29, 0.717) is 5.16 Å². The lowest BCUT2D eigenvalue weighted by Gasteiger charge is -2.23. The second kappa shape index (κ2) is 10.5. The number of aryl methyl sites for hydroxylation is 1. The van der Waals surface area contributed by atoms with Gasteiger partial charge in [-0.2, -0.15) is 0 Å². The maximum atomic E-state index is 12.6. The average Bonchev–Trinajstić information content (AvgIpc) is 3.17. The van der Waals surface area contributed by atoms with Crippen molar-refractivity contribution in [1.82, 2.24) is 19.7 Å². The number of thioether (sulfide) groups is 1. The molecule has 1 aromatic heterocycles. The first-order chi connectivity index (χ1) is 14.9. The van der Waals surface area contributed by atoms with Gasteiger partial charge in [0.1, 0.15) is 5.75 Å². The maximum absolute atomic E-state index is 12.6. The summed E-state index contributed by atoms with van der Waals surface area (Å²) < 4.78 is 7.32. The van der Waals surface area contributed by atoms with Gasteiger partial charge in [0, 0.05) is 11.4 Å². The molecule has 2 aromatic carbocycles. The Balaban J connectivity index is 1.86. The molecule has 0 radical (unpaired) electrons. The van der Waals surface area contributed by atoms with Crippen molar-refractivity contribution in [3.8, 4) is 11.4 Å². The number of anilines is 1. The van der Waals surface area contributed by atoms with E-state index < -0.39 is 0 Å². The van der Waals surface area contributed by atoms with Crippen LogP contribution in [0.1, 0.15) is 30.8 Å². The molecule has 1 N–H and O–H groups in total. The molecule has 0 aliphatic carbocycles. The molecule has 0 bridgehead atoms. The van der Waals surface area contributed by atoms with Crippen molar-refractivity contribution < 1.29 is 9.53 Å². The van der Waals surface area contributed by atoms with E-state index >= 15 is 0 Å². The van der Waals surface area contributed by atoms with Crippen LogP contribution in [-0.2, 0) is 4.79 Å². The Bertz CT molecular complexity index is 1020. The fraction of sp³-hybridized carbons (Fsp3) is 0.348. The molecule has 1 unspecified atom stereocenters. The summed E-state index contributed by atoms with van der Waals surface area (Å²) in [6, 6.07) is 15.6. The van der Waals surface area contributed by atoms with Gasteiger partial charge in [-0.15, -0.1) is 10.2 Å². The van der Waals surface area contributed by atoms with Gasteiger partial charge in [-0.05, 0) is 63.3 Å². The molecule has 7 nitrogen and oxygen atoms in total. The zero-order valence-corrected chi connectivity index (χ0v) is 19.4. The fourth-order valence-electron chi connectivity index (χ4n) is 3.37. The van der Waals surface area contributed by atoms with Crippen molar-refractivity contribution in [3.63, 3.8) is 0 Å². The minimum Gasteiger partial charge on any atom is -0.497 e. The lowest BCUT2D eigenvalue weighted by Crippen LogP contribution is -2.23. The number of ether oxygens (including phenoxy) is 1. The average molecular weight is 440 g/mol. The Labute approximate surface area is 187 Å². The van der Waals surface area contributed by atoms with E-state index in [9.17, 15) is 4.79 Å². The number of carbonyl (C=O) groups is 1. The van der Waals surface area contributed by atoms with Crippen molar-refractivity contribution in [2.24, 2.45) is 0 Å². The predicted molar refractivity (Wildman–Crippen MR) is 125 cm³/mol. The van der Waals surface area contributed by atoms with Gasteiger partial charge >= 0.3 is 0 Å². The van der Waals surface area contributed by atoms with Gasteiger partial charge in [0.2, 0.25) is 5.91 Å². The number of hydrogen-bond donors (Lipinski definition) is 1. The Kier molecular flexibility index (Phi) is 7.70. The molecular formula is C23H29N5O2S. The maximum Gasteiger partial charge on any atom is 0.234 e. The van der Waals surface area contributed by atoms with Crippen molar-refractivity contribution in [1.29, 1.82) is 0 Å². The first kappa shape index (κ1) is 22.8. The van der Waals surface area contributed by atoms with Gasteiger partial charge in [0.05, 0.1) is 18.9 Å². The normalized spacial score (nSPS) is 12.1. The van der Waals surface area contributed by atoms with Crippen molar-refractivity contribution >= 4 is 23.4 Å². The molecule has 3 rings (SSSR count). The summed E-state index contributed by atoms with van der Waals surface area (Å²) in [6.45, 7) is 4.10. The van der Waals surface area contributed by atoms with Crippen LogP contribution in [-0.4, -0.2) is 52.5 Å². The molecule has 8 heteroatoms. The zero-order chi connectivity index (χ0) is 22.4. The standard InChI is InChI=1S/C23H29N5O2S/c1-6-20(27(3)4)22-25-26-23(28(22)17-11-13-18(30-5)14-12-17)31-15-21(29)24-19-10-8-7-9-16(19)2/h7-14,20H,6,15H2,1-5H3,(H,24,29). The van der Waals surface area contributed by atoms with Crippen molar-refractivity contribution in [2.75, 3.05) is 32.3 Å². The number of nitrogens with one attached hydrogen (secondary N) is 1. The largest absolute Gasteiger partial charge is 0.497 e. The summed E-state index contributed by atoms with van der Waals surface area (Å²) in [5, 5.41) is 12.6. The number of hydrogen-bond acceptors (Lipinski definition) is 6. The van der Waals surface area contributed by atoms with Gasteiger partial charge in [0.25, 0.3) is 0 Å². The Hall–Kier alpha value is -2.84. The zero-order valence-electron chi connectivity index (χ0n) is 18.6. The quantitative estimate of drug-likeness (QED) is 0.501. The third-order valence-electron chi connectivity index (χ3n) is 5.05. The van der Waals surface area contributed by atoms with E-state index in [2.05, 4.69) is 27.3 Å². The number of aromatic nitrogens is 3. The second-order valence-electron chi connectivity index (χ2n) is 7.41. The highest BCUT2D eigenvalue weighted by atomic mass is 32.2. The molecule has 1 atom stereocenters. The molecule has 3 aromatic rings. The third-order valence-corrected chi connectivity index (χ3v) is 5.98. The highest BCUT2D eigenvalue weighted by molar-refractivity contribution is 7.99. The number of methoxy groups -OCH3 is 1. The summed E-state index contributed by atoms with van der Waals surface area (Å²) in [6.07, 6.45) is 0.889. The van der Waals surface area contributed by atoms with Crippen molar-refractivity contribution in [3.05, 3.63) is 59.9 Å². The van der Waals surface area contributed by atoms with E-state index in [0.717, 1.165) is 34.9 Å². The van der Waals surface area contributed by atoms with Crippen LogP contribution < -0.4 is 10.1 Å². The van der Waals surface area contributed by atoms with E-state index in [4.69, 9.17) is 4.74 Å². The second-order valence-corrected chi connectivity index (χ2v) is 8.36. The van der Waals surface area contributed by atoms with E-state index in [1.54, 1.807) is 7.11 Å². The minimum atomic E-state index is -0.0789. The molecule has 1 heterocycles. The van der Waals surface area contributed by atoms with Crippen LogP contribution in [0, 0.1) is 6.92 Å². The summed E-state index contributed by atoms with van der Waals surface area (Å²) >= 11 is 1.37. The minimum absolute atomic E-state index is 0.0789. The molecule has 31 heavy (non-hydrogen) atoms. The molecule has 1 amide bonds. The molecule has 0 aliphatic heterocycles. The van der Waals surface area contributed by atoms with Crippen LogP contribution >= 0.6 is 11.8 Å². The van der Waals surface area contributed by atoms with Gasteiger partial charge in [-0.25, -0.2) is 0 Å². The fourth-order valence-corrected chi connectivity index (χ4v) is 4.13. The summed E-state index contributed by atoms with van der Waals surface area (Å²) in [5.74, 6) is 1.79. The number of rotatable bonds is 9. The van der Waals surface area contributed by atoms with Crippen molar-refractivity contribution in [2.45, 2.75) is 31.5 Å². The van der Waals surface area contributed by atoms with Gasteiger partial charge in [-0.1, -0.05) is 36.9 Å². The molecule has 0 spiro atoms. The lowest BCUT2D eigenvalue weighted by atomic mass is 10.2. The monoisotopic (exact) mass is 439 g/mol. The smallest absolute Gasteiger partial charge is 0.234 e. The Morgan fingerprint density at radius 3 is 2.48 bits per heavy atom. The molecule has 164 valence electrons. The van der Waals surface area contributed by atoms with Gasteiger partial charge < -0.3 is 10.1 Å². The number of nitrogens with zero attached hydrogens (tertiary/aromatic N) is 4. The first-order valence-corrected chi connectivity index (χ1v) is 11.2. The summed E-state index contributed by atoms with van der Waals surface area (Å²) in [4.78, 5) is 14.7. The van der Waals surface area contributed by atoms with Crippen LogP contribution in [0.4, 0.5) is 5.69 Å². The number of para-hydroxylation sites is 1. The molecule has 0 aliphatic rings. The molecule has 0 saturated carbocycles. The van der Waals surface area contributed by atoms with E-state index in [-0.39, 0.29) is 17.7 Å². The molecule has 0 fully saturated rings. The highest BCUT2D eigenvalue weighted by Crippen LogP contribution is 2.29. The van der Waals surface area contributed by atoms with Crippen LogP contribution in [0.5, 0.6) is 5.75 Å². The number of carbonyl (C=O) groups excluding carboxylic acids is 1. The predicted octanol–water partition coefficient (Wildman–Crippen LogP) is 4.33. The third kappa shape index (κ3) is 5.45. The number of benzene rings is 2. The molecule has 0 saturated heterocycles. The Morgan fingerprint density at radius 2 is 1.87 bits per heavy atom. The van der Waals surface area contributed by atoms with Crippen LogP contribution in [0.25, 0.3) is 5.69 Å². The SMILES string of the molecule is CCC(c1nnc(SCC(=O)Nc2ccccc2C)n1-c1ccc(OC)cc1)N(C)C. The highest BCUT2D eigenvalue weighted by Gasteiger charge is 2.23. The lowest BCUT2D eigenvalue weighted by molar-refractivity contribution is -0.113. The summed E-state index contributed by atoms with van der Waals surface area (Å²) in [5.41, 5.74) is 2.79. The van der Waals surface area contributed by atoms with Gasteiger partial charge in [-0.3, -0.25) is 14.3 Å². The Morgan fingerprint density at radius 1 is 1.16 bits per heavy atom. The van der Waals surface area contributed by atoms with Crippen LogP contribution in [0.2, 0.25) is 0 Å². The van der Waals surface area contributed by atoms with Gasteiger partial charge in [0.15, 0.2) is 11.0 Å². The first-order valence-electron chi connectivity index (χ1n) is 10.2. The summed E-state index contributed by atoms with van der Waals surface area (Å²) in [7, 11) is 5.71. The topological polar surface area (TPSA) is 72.3 Å².